The maximum atomic E-state index is 13.2. The summed E-state index contributed by atoms with van der Waals surface area (Å²) in [5.41, 5.74) is 3.97. The molecule has 2 heterocycles. The fraction of sp³-hybridized carbons (Fsp3) is 0.481. The third kappa shape index (κ3) is 6.14. The van der Waals surface area contributed by atoms with Crippen molar-refractivity contribution in [3.8, 4) is 0 Å². The van der Waals surface area contributed by atoms with Crippen molar-refractivity contribution >= 4 is 11.9 Å². The van der Waals surface area contributed by atoms with Crippen molar-refractivity contribution in [3.63, 3.8) is 0 Å². The molecule has 176 valence electrons. The van der Waals surface area contributed by atoms with E-state index in [2.05, 4.69) is 66.8 Å². The first kappa shape index (κ1) is 23.3. The Balaban J connectivity index is 1.42. The Morgan fingerprint density at radius 2 is 1.73 bits per heavy atom. The van der Waals surface area contributed by atoms with E-state index in [0.29, 0.717) is 24.9 Å². The predicted octanol–water partition coefficient (Wildman–Crippen LogP) is 4.15. The molecule has 1 atom stereocenters. The first-order valence-electron chi connectivity index (χ1n) is 12.1. The lowest BCUT2D eigenvalue weighted by Gasteiger charge is -2.39. The molecule has 6 nitrogen and oxygen atoms in total. The maximum absolute atomic E-state index is 13.2. The molecule has 0 aliphatic carbocycles. The van der Waals surface area contributed by atoms with Gasteiger partial charge in [-0.3, -0.25) is 4.79 Å². The van der Waals surface area contributed by atoms with Crippen LogP contribution in [0.2, 0.25) is 0 Å². The summed E-state index contributed by atoms with van der Waals surface area (Å²) < 4.78 is 5.50. The monoisotopic (exact) mass is 449 g/mol. The van der Waals surface area contributed by atoms with Crippen molar-refractivity contribution in [2.24, 2.45) is 5.92 Å². The summed E-state index contributed by atoms with van der Waals surface area (Å²) in [6.07, 6.45) is 3.66. The molecule has 2 aromatic carbocycles. The largest absolute Gasteiger partial charge is 0.354 e. The van der Waals surface area contributed by atoms with Gasteiger partial charge in [0.1, 0.15) is 13.3 Å². The second-order valence-electron chi connectivity index (χ2n) is 9.21. The van der Waals surface area contributed by atoms with Crippen molar-refractivity contribution in [2.75, 3.05) is 39.5 Å². The van der Waals surface area contributed by atoms with E-state index in [-0.39, 0.29) is 25.3 Å². The number of benzene rings is 2. The van der Waals surface area contributed by atoms with Gasteiger partial charge in [-0.2, -0.15) is 0 Å². The van der Waals surface area contributed by atoms with Gasteiger partial charge in [0, 0.05) is 32.1 Å². The van der Waals surface area contributed by atoms with E-state index in [9.17, 15) is 9.59 Å². The number of hydrogen-bond acceptors (Lipinski definition) is 3. The van der Waals surface area contributed by atoms with Crippen molar-refractivity contribution < 1.29 is 14.3 Å². The van der Waals surface area contributed by atoms with Gasteiger partial charge in [-0.1, -0.05) is 60.2 Å². The van der Waals surface area contributed by atoms with E-state index in [0.717, 1.165) is 38.8 Å². The number of amides is 3. The molecule has 2 aromatic rings. The molecule has 4 rings (SSSR count). The van der Waals surface area contributed by atoms with Gasteiger partial charge >= 0.3 is 6.03 Å². The molecular formula is C27H35N3O3. The molecule has 0 radical (unpaired) electrons. The van der Waals surface area contributed by atoms with Crippen LogP contribution in [0.5, 0.6) is 0 Å². The average Bonchev–Trinajstić information content (AvgIpc) is 2.84. The third-order valence-corrected chi connectivity index (χ3v) is 6.77. The highest BCUT2D eigenvalue weighted by Gasteiger charge is 2.32. The quantitative estimate of drug-likeness (QED) is 0.766. The van der Waals surface area contributed by atoms with Crippen LogP contribution in [-0.2, 0) is 9.53 Å². The number of rotatable bonds is 3. The number of nitrogens with zero attached hydrogens (tertiary/aromatic N) is 2. The molecule has 0 saturated carbocycles. The third-order valence-electron chi connectivity index (χ3n) is 6.77. The molecule has 6 heteroatoms. The molecule has 0 unspecified atom stereocenters. The lowest BCUT2D eigenvalue weighted by molar-refractivity contribution is -0.127. The lowest BCUT2D eigenvalue weighted by atomic mass is 9.76. The van der Waals surface area contributed by atoms with Crippen LogP contribution in [0.15, 0.2) is 54.6 Å². The minimum Gasteiger partial charge on any atom is -0.354 e. The summed E-state index contributed by atoms with van der Waals surface area (Å²) in [6, 6.07) is 19.6. The normalized spacial score (nSPS) is 19.6. The Hall–Kier alpha value is -2.86. The highest BCUT2D eigenvalue weighted by Crippen LogP contribution is 2.38. The number of aryl methyl sites for hydroxylation is 1. The fourth-order valence-corrected chi connectivity index (χ4v) is 5.06. The summed E-state index contributed by atoms with van der Waals surface area (Å²) in [5.74, 6) is 0.699. The van der Waals surface area contributed by atoms with E-state index in [1.807, 2.05) is 4.90 Å². The summed E-state index contributed by atoms with van der Waals surface area (Å²) in [5, 5.41) is 2.83. The molecule has 2 fully saturated rings. The molecular weight excluding hydrogens is 414 g/mol. The Morgan fingerprint density at radius 1 is 0.970 bits per heavy atom. The molecule has 33 heavy (non-hydrogen) atoms. The Bertz CT molecular complexity index is 925. The second kappa shape index (κ2) is 11.3. The van der Waals surface area contributed by atoms with E-state index in [4.69, 9.17) is 4.74 Å². The van der Waals surface area contributed by atoms with Crippen LogP contribution in [0, 0.1) is 12.8 Å². The van der Waals surface area contributed by atoms with Crippen molar-refractivity contribution in [3.05, 3.63) is 71.3 Å². The van der Waals surface area contributed by atoms with Gasteiger partial charge in [0.05, 0.1) is 0 Å². The van der Waals surface area contributed by atoms with E-state index in [1.54, 1.807) is 4.90 Å². The number of nitrogens with one attached hydrogen (secondary N) is 1. The van der Waals surface area contributed by atoms with Crippen molar-refractivity contribution in [1.29, 1.82) is 0 Å². The molecule has 1 N–H and O–H groups in total. The van der Waals surface area contributed by atoms with Crippen LogP contribution >= 0.6 is 0 Å². The number of likely N-dealkylation sites (tertiary alicyclic amines) is 1. The predicted molar refractivity (Wildman–Crippen MR) is 129 cm³/mol. The molecule has 2 aliphatic rings. The Labute approximate surface area is 196 Å². The zero-order chi connectivity index (χ0) is 23.0. The number of carbonyl (C=O) groups excluding carboxylic acids is 2. The van der Waals surface area contributed by atoms with Crippen molar-refractivity contribution in [1.82, 2.24) is 15.1 Å². The molecule has 0 aromatic heterocycles. The van der Waals surface area contributed by atoms with E-state index >= 15 is 0 Å². The molecule has 2 saturated heterocycles. The molecule has 3 amide bonds. The Kier molecular flexibility index (Phi) is 8.00. The number of urea groups is 1. The smallest absolute Gasteiger partial charge is 0.321 e. The number of piperidine rings is 1. The maximum Gasteiger partial charge on any atom is 0.321 e. The standard InChI is InChI=1S/C27H35N3O3/c1-21-8-7-11-24(18-21)26(22-9-3-2-4-10-22)23-12-16-29(17-13-23)27(32)30-15-6-5-14-28-25(31)19-33-20-30/h2-4,7-11,18,23,26H,5-6,12-17,19-20H2,1H3,(H,28,31)/t26-/m1/s1. The topological polar surface area (TPSA) is 61.9 Å². The number of ether oxygens (including phenoxy) is 1. The zero-order valence-electron chi connectivity index (χ0n) is 19.5. The van der Waals surface area contributed by atoms with Gasteiger partial charge in [-0.15, -0.1) is 0 Å². The first-order valence-corrected chi connectivity index (χ1v) is 12.1. The molecule has 0 bridgehead atoms. The van der Waals surface area contributed by atoms with Crippen LogP contribution in [0.1, 0.15) is 48.3 Å². The van der Waals surface area contributed by atoms with Gasteiger partial charge < -0.3 is 19.9 Å². The van der Waals surface area contributed by atoms with Crippen LogP contribution < -0.4 is 5.32 Å². The summed E-state index contributed by atoms with van der Waals surface area (Å²) in [4.78, 5) is 28.6. The summed E-state index contributed by atoms with van der Waals surface area (Å²) in [7, 11) is 0. The summed E-state index contributed by atoms with van der Waals surface area (Å²) >= 11 is 0. The lowest BCUT2D eigenvalue weighted by Crippen LogP contribution is -2.49. The number of carbonyl (C=O) groups is 2. The highest BCUT2D eigenvalue weighted by molar-refractivity contribution is 5.77. The van der Waals surface area contributed by atoms with Gasteiger partial charge in [0.15, 0.2) is 0 Å². The molecule has 2 aliphatic heterocycles. The highest BCUT2D eigenvalue weighted by atomic mass is 16.5. The van der Waals surface area contributed by atoms with Gasteiger partial charge in [0.25, 0.3) is 0 Å². The second-order valence-corrected chi connectivity index (χ2v) is 9.21. The number of hydrogen-bond donors (Lipinski definition) is 1. The van der Waals surface area contributed by atoms with Crippen LogP contribution in [0.4, 0.5) is 4.79 Å². The fourth-order valence-electron chi connectivity index (χ4n) is 5.06. The minimum absolute atomic E-state index is 0.00109. The Morgan fingerprint density at radius 3 is 2.48 bits per heavy atom. The molecule has 0 spiro atoms. The van der Waals surface area contributed by atoms with Gasteiger partial charge in [-0.05, 0) is 49.7 Å². The van der Waals surface area contributed by atoms with Crippen molar-refractivity contribution in [2.45, 2.75) is 38.5 Å². The SMILES string of the molecule is Cc1cccc([C@H](c2ccccc2)C2CCN(C(=O)N3CCCCNC(=O)COC3)CC2)c1. The minimum atomic E-state index is -0.117. The first-order chi connectivity index (χ1) is 16.1. The van der Waals surface area contributed by atoms with Crippen LogP contribution in [0.3, 0.4) is 0 Å². The van der Waals surface area contributed by atoms with Gasteiger partial charge in [0.2, 0.25) is 5.91 Å². The zero-order valence-corrected chi connectivity index (χ0v) is 19.5. The van der Waals surface area contributed by atoms with E-state index < -0.39 is 0 Å². The summed E-state index contributed by atoms with van der Waals surface area (Å²) in [6.45, 7) is 5.10. The van der Waals surface area contributed by atoms with E-state index in [1.165, 1.54) is 16.7 Å². The van der Waals surface area contributed by atoms with Crippen LogP contribution in [-0.4, -0.2) is 61.3 Å². The van der Waals surface area contributed by atoms with Gasteiger partial charge in [-0.25, -0.2) is 4.79 Å². The average molecular weight is 450 g/mol. The van der Waals surface area contributed by atoms with Crippen LogP contribution in [0.25, 0.3) is 0 Å².